The molecule has 0 saturated carbocycles. The number of pyridine rings is 1. The summed E-state index contributed by atoms with van der Waals surface area (Å²) < 4.78 is 0. The van der Waals surface area contributed by atoms with Crippen molar-refractivity contribution in [3.63, 3.8) is 0 Å². The minimum atomic E-state index is 0.335. The molecule has 0 atom stereocenters. The monoisotopic (exact) mass is 218 g/mol. The van der Waals surface area contributed by atoms with Crippen molar-refractivity contribution in [3.8, 4) is 0 Å². The summed E-state index contributed by atoms with van der Waals surface area (Å²) in [6.07, 6.45) is 0.654. The van der Waals surface area contributed by atoms with Gasteiger partial charge >= 0.3 is 0 Å². The van der Waals surface area contributed by atoms with E-state index in [0.29, 0.717) is 16.6 Å². The molecule has 0 saturated heterocycles. The van der Waals surface area contributed by atoms with E-state index in [0.717, 1.165) is 16.4 Å². The Morgan fingerprint density at radius 3 is 3.00 bits per heavy atom. The molecule has 0 spiro atoms. The highest BCUT2D eigenvalue weighted by molar-refractivity contribution is 7.80. The van der Waals surface area contributed by atoms with Crippen LogP contribution < -0.4 is 5.32 Å². The van der Waals surface area contributed by atoms with Crippen molar-refractivity contribution in [3.05, 3.63) is 21.9 Å². The fourth-order valence-corrected chi connectivity index (χ4v) is 1.65. The van der Waals surface area contributed by atoms with Crippen molar-refractivity contribution in [1.82, 2.24) is 4.98 Å². The van der Waals surface area contributed by atoms with Crippen LogP contribution in [0.3, 0.4) is 0 Å². The summed E-state index contributed by atoms with van der Waals surface area (Å²) in [6.45, 7) is 0. The molecule has 12 heavy (non-hydrogen) atoms. The lowest BCUT2D eigenvalue weighted by Crippen LogP contribution is -2.00. The molecule has 2 nitrogen and oxygen atoms in total. The molecule has 0 amide bonds. The molecule has 0 bridgehead atoms. The summed E-state index contributed by atoms with van der Waals surface area (Å²) in [5.41, 5.74) is 1.74. The molecule has 0 fully saturated rings. The Balaban J connectivity index is 2.55. The predicted molar refractivity (Wildman–Crippen MR) is 54.2 cm³/mol. The van der Waals surface area contributed by atoms with Crippen LogP contribution in [0.25, 0.3) is 0 Å². The molecule has 62 valence electrons. The number of nitrogens with zero attached hydrogens (tertiary/aromatic N) is 1. The number of hydrogen-bond donors (Lipinski definition) is 1. The van der Waals surface area contributed by atoms with E-state index < -0.39 is 0 Å². The van der Waals surface area contributed by atoms with Crippen molar-refractivity contribution in [1.29, 1.82) is 0 Å². The third kappa shape index (κ3) is 1.28. The van der Waals surface area contributed by atoms with Crippen molar-refractivity contribution in [2.24, 2.45) is 0 Å². The summed E-state index contributed by atoms with van der Waals surface area (Å²) in [6, 6.07) is 1.74. The maximum absolute atomic E-state index is 5.76. The number of rotatable bonds is 0. The highest BCUT2D eigenvalue weighted by atomic mass is 35.5. The molecular formula is C7H4Cl2N2S. The maximum Gasteiger partial charge on any atom is 0.148 e. The van der Waals surface area contributed by atoms with E-state index in [4.69, 9.17) is 35.4 Å². The first-order valence-electron chi connectivity index (χ1n) is 3.31. The third-order valence-corrected chi connectivity index (χ3v) is 2.53. The van der Waals surface area contributed by atoms with Gasteiger partial charge in [-0.2, -0.15) is 0 Å². The van der Waals surface area contributed by atoms with Crippen molar-refractivity contribution >= 4 is 46.1 Å². The number of thiocarbonyl (C=S) groups is 1. The number of aromatic nitrogens is 1. The summed E-state index contributed by atoms with van der Waals surface area (Å²) in [5, 5.41) is 3.78. The quantitative estimate of drug-likeness (QED) is 0.536. The van der Waals surface area contributed by atoms with Gasteiger partial charge in [-0.25, -0.2) is 4.98 Å². The van der Waals surface area contributed by atoms with E-state index in [9.17, 15) is 0 Å². The molecule has 1 aromatic heterocycles. The summed E-state index contributed by atoms with van der Waals surface area (Å²) in [4.78, 5) is 4.85. The van der Waals surface area contributed by atoms with Gasteiger partial charge in [-0.3, -0.25) is 0 Å². The average Bonchev–Trinajstić information content (AvgIpc) is 2.30. The van der Waals surface area contributed by atoms with Crippen molar-refractivity contribution < 1.29 is 0 Å². The molecule has 2 heterocycles. The average molecular weight is 219 g/mol. The highest BCUT2D eigenvalue weighted by Gasteiger charge is 2.17. The molecule has 1 aliphatic rings. The van der Waals surface area contributed by atoms with Gasteiger partial charge in [-0.1, -0.05) is 35.4 Å². The van der Waals surface area contributed by atoms with Crippen molar-refractivity contribution in [2.45, 2.75) is 6.42 Å². The van der Waals surface area contributed by atoms with Gasteiger partial charge in [0, 0.05) is 6.42 Å². The predicted octanol–water partition coefficient (Wildman–Crippen LogP) is 2.68. The normalized spacial score (nSPS) is 14.3. The Morgan fingerprint density at radius 1 is 1.50 bits per heavy atom. The number of halogens is 2. The Labute approximate surface area is 84.9 Å². The van der Waals surface area contributed by atoms with Gasteiger partial charge in [0.2, 0.25) is 0 Å². The minimum Gasteiger partial charge on any atom is -0.348 e. The second-order valence-electron chi connectivity index (χ2n) is 2.48. The molecular weight excluding hydrogens is 215 g/mol. The van der Waals surface area contributed by atoms with Crippen LogP contribution in [0.15, 0.2) is 6.07 Å². The molecule has 0 unspecified atom stereocenters. The molecule has 1 aromatic rings. The van der Waals surface area contributed by atoms with Gasteiger partial charge in [0.05, 0.1) is 21.4 Å². The van der Waals surface area contributed by atoms with E-state index in [1.54, 1.807) is 6.07 Å². The number of nitrogens with one attached hydrogen (secondary N) is 1. The zero-order valence-electron chi connectivity index (χ0n) is 5.90. The number of anilines is 1. The van der Waals surface area contributed by atoms with Crippen LogP contribution in [0, 0.1) is 0 Å². The van der Waals surface area contributed by atoms with Gasteiger partial charge in [0.1, 0.15) is 5.15 Å². The van der Waals surface area contributed by atoms with Crippen LogP contribution in [-0.2, 0) is 6.42 Å². The first-order valence-corrected chi connectivity index (χ1v) is 4.48. The SMILES string of the molecule is S=C1Cc2nc(Cl)c(Cl)cc2N1. The Hall–Kier alpha value is -0.380. The zero-order chi connectivity index (χ0) is 8.72. The minimum absolute atomic E-state index is 0.335. The van der Waals surface area contributed by atoms with E-state index in [2.05, 4.69) is 10.3 Å². The first kappa shape index (κ1) is 8.23. The lowest BCUT2D eigenvalue weighted by Gasteiger charge is -1.99. The fourth-order valence-electron chi connectivity index (χ4n) is 1.09. The standard InChI is InChI=1S/C7H4Cl2N2S/c8-3-1-4-5(11-7(3)9)2-6(12)10-4/h1H,2H2,(H,10,12). The molecule has 2 rings (SSSR count). The van der Waals surface area contributed by atoms with Gasteiger partial charge in [0.15, 0.2) is 0 Å². The Kier molecular flexibility index (Phi) is 1.94. The van der Waals surface area contributed by atoms with Gasteiger partial charge in [-0.15, -0.1) is 0 Å². The lowest BCUT2D eigenvalue weighted by molar-refractivity contribution is 1.19. The second kappa shape index (κ2) is 2.83. The van der Waals surface area contributed by atoms with Crippen LogP contribution >= 0.6 is 35.4 Å². The van der Waals surface area contributed by atoms with E-state index >= 15 is 0 Å². The summed E-state index contributed by atoms with van der Waals surface area (Å²) >= 11 is 16.5. The molecule has 0 aromatic carbocycles. The van der Waals surface area contributed by atoms with Crippen LogP contribution in [0.4, 0.5) is 5.69 Å². The molecule has 5 heteroatoms. The molecule has 1 N–H and O–H groups in total. The highest BCUT2D eigenvalue weighted by Crippen LogP contribution is 2.29. The largest absolute Gasteiger partial charge is 0.348 e. The Morgan fingerprint density at radius 2 is 2.25 bits per heavy atom. The topological polar surface area (TPSA) is 24.9 Å². The zero-order valence-corrected chi connectivity index (χ0v) is 8.22. The Bertz CT molecular complexity index is 332. The number of hydrogen-bond acceptors (Lipinski definition) is 2. The fraction of sp³-hybridized carbons (Fsp3) is 0.143. The van der Waals surface area contributed by atoms with E-state index in [1.165, 1.54) is 0 Å². The van der Waals surface area contributed by atoms with Crippen LogP contribution in [0.2, 0.25) is 10.2 Å². The molecule has 0 aliphatic carbocycles. The van der Waals surface area contributed by atoms with Gasteiger partial charge < -0.3 is 5.32 Å². The lowest BCUT2D eigenvalue weighted by atomic mass is 10.3. The molecule has 0 radical (unpaired) electrons. The van der Waals surface area contributed by atoms with Crippen LogP contribution in [0.1, 0.15) is 5.69 Å². The maximum atomic E-state index is 5.76. The number of fused-ring (bicyclic) bond motifs is 1. The second-order valence-corrected chi connectivity index (χ2v) is 3.74. The van der Waals surface area contributed by atoms with Crippen molar-refractivity contribution in [2.75, 3.05) is 5.32 Å². The van der Waals surface area contributed by atoms with Crippen LogP contribution in [0.5, 0.6) is 0 Å². The van der Waals surface area contributed by atoms with Gasteiger partial charge in [-0.05, 0) is 6.07 Å². The first-order chi connectivity index (χ1) is 5.66. The van der Waals surface area contributed by atoms with Crippen LogP contribution in [-0.4, -0.2) is 9.97 Å². The molecule has 1 aliphatic heterocycles. The van der Waals surface area contributed by atoms with Gasteiger partial charge in [0.25, 0.3) is 0 Å². The third-order valence-electron chi connectivity index (χ3n) is 1.61. The summed E-state index contributed by atoms with van der Waals surface area (Å²) in [7, 11) is 0. The van der Waals surface area contributed by atoms with E-state index in [1.807, 2.05) is 0 Å². The smallest absolute Gasteiger partial charge is 0.148 e. The summed E-state index contributed by atoms with van der Waals surface area (Å²) in [5.74, 6) is 0. The van der Waals surface area contributed by atoms with E-state index in [-0.39, 0.29) is 0 Å².